The van der Waals surface area contributed by atoms with Gasteiger partial charge in [0.2, 0.25) is 0 Å². The Kier molecular flexibility index (Phi) is 9.04. The normalized spacial score (nSPS) is 13.1. The first-order valence-electron chi connectivity index (χ1n) is 12.3. The Morgan fingerprint density at radius 1 is 0.829 bits per heavy atom. The van der Waals surface area contributed by atoms with Gasteiger partial charge in [0, 0.05) is 61.7 Å². The minimum absolute atomic E-state index is 0.0147. The van der Waals surface area contributed by atoms with Crippen LogP contribution in [0.5, 0.6) is 0 Å². The molecule has 0 fully saturated rings. The fourth-order valence-electron chi connectivity index (χ4n) is 4.44. The van der Waals surface area contributed by atoms with Crippen molar-refractivity contribution in [2.24, 2.45) is 0 Å². The number of unbranched alkanes of at least 4 members (excludes halogenated alkanes) is 1. The van der Waals surface area contributed by atoms with Gasteiger partial charge in [-0.05, 0) is 63.4 Å². The highest BCUT2D eigenvalue weighted by molar-refractivity contribution is 6.25. The van der Waals surface area contributed by atoms with Gasteiger partial charge >= 0.3 is 0 Å². The summed E-state index contributed by atoms with van der Waals surface area (Å²) in [6, 6.07) is 9.01. The molecule has 1 aliphatic heterocycles. The van der Waals surface area contributed by atoms with Crippen molar-refractivity contribution in [3.05, 3.63) is 47.0 Å². The fourth-order valence-corrected chi connectivity index (χ4v) is 4.44. The molecule has 2 amide bonds. The number of carbonyl (C=O) groups excluding carboxylic acids is 5. The summed E-state index contributed by atoms with van der Waals surface area (Å²) in [5, 5.41) is 1.42. The summed E-state index contributed by atoms with van der Waals surface area (Å²) in [6.07, 6.45) is 3.72. The second-order valence-electron chi connectivity index (χ2n) is 9.63. The Morgan fingerprint density at radius 3 is 2.20 bits per heavy atom. The lowest BCUT2D eigenvalue weighted by Gasteiger charge is -2.28. The molecule has 186 valence electrons. The number of carbonyl (C=O) groups is 5. The quantitative estimate of drug-likeness (QED) is 0.301. The lowest BCUT2D eigenvalue weighted by atomic mass is 9.90. The maximum absolute atomic E-state index is 13.2. The molecule has 0 unspecified atom stereocenters. The summed E-state index contributed by atoms with van der Waals surface area (Å²) in [5.41, 5.74) is 1.70. The average molecular weight is 479 g/mol. The van der Waals surface area contributed by atoms with Gasteiger partial charge in [0.05, 0.1) is 0 Å². The summed E-state index contributed by atoms with van der Waals surface area (Å²) < 4.78 is 0. The predicted octanol–water partition coefficient (Wildman–Crippen LogP) is 4.00. The summed E-state index contributed by atoms with van der Waals surface area (Å²) >= 11 is 0. The van der Waals surface area contributed by atoms with Crippen molar-refractivity contribution in [3.63, 3.8) is 0 Å². The van der Waals surface area contributed by atoms with E-state index in [2.05, 4.69) is 0 Å². The van der Waals surface area contributed by atoms with Gasteiger partial charge in [-0.3, -0.25) is 24.1 Å². The predicted molar refractivity (Wildman–Crippen MR) is 135 cm³/mol. The molecule has 2 aromatic carbocycles. The molecule has 0 spiro atoms. The molecule has 0 bridgehead atoms. The number of likely N-dealkylation sites (N-methyl/N-ethyl adjacent to an activating group) is 1. The number of ketones is 3. The Labute approximate surface area is 206 Å². The van der Waals surface area contributed by atoms with Gasteiger partial charge < -0.3 is 9.69 Å². The van der Waals surface area contributed by atoms with E-state index in [1.165, 1.54) is 4.90 Å². The van der Waals surface area contributed by atoms with Crippen LogP contribution in [0.4, 0.5) is 0 Å². The van der Waals surface area contributed by atoms with E-state index in [0.717, 1.165) is 17.4 Å². The van der Waals surface area contributed by atoms with Crippen molar-refractivity contribution in [3.8, 4) is 0 Å². The second kappa shape index (κ2) is 12.0. The highest BCUT2D eigenvalue weighted by Crippen LogP contribution is 2.31. The van der Waals surface area contributed by atoms with Crippen molar-refractivity contribution in [2.45, 2.75) is 58.3 Å². The van der Waals surface area contributed by atoms with E-state index in [0.29, 0.717) is 68.1 Å². The van der Waals surface area contributed by atoms with Crippen LogP contribution in [-0.4, -0.2) is 66.1 Å². The maximum atomic E-state index is 13.2. The molecule has 0 aliphatic carbocycles. The number of imide groups is 1. The molecule has 2 aromatic rings. The van der Waals surface area contributed by atoms with Crippen LogP contribution in [-0.2, 0) is 20.8 Å². The number of rotatable bonds is 14. The number of amides is 2. The Balaban J connectivity index is 1.64. The molecule has 35 heavy (non-hydrogen) atoms. The standard InChI is InChI=1S/C28H34N2O5/c1-19(31)8-4-5-10-22(32)11-7-12-23(33)17-20-16-21-9-6-13-24-26(21)25(18-20)28(35)30(27(24)34)15-14-29(2)3/h6,9,13,16,18H,4-5,7-8,10-12,14-15,17H2,1-3H3. The second-order valence-corrected chi connectivity index (χ2v) is 9.63. The molecule has 7 heteroatoms. The monoisotopic (exact) mass is 478 g/mol. The fraction of sp³-hybridized carbons (Fsp3) is 0.464. The lowest BCUT2D eigenvalue weighted by Crippen LogP contribution is -2.43. The first-order valence-corrected chi connectivity index (χ1v) is 12.3. The van der Waals surface area contributed by atoms with Crippen LogP contribution >= 0.6 is 0 Å². The van der Waals surface area contributed by atoms with Gasteiger partial charge in [0.1, 0.15) is 17.3 Å². The minimum Gasteiger partial charge on any atom is -0.308 e. The summed E-state index contributed by atoms with van der Waals surface area (Å²) in [6.45, 7) is 2.41. The highest BCUT2D eigenvalue weighted by Gasteiger charge is 2.33. The zero-order valence-corrected chi connectivity index (χ0v) is 20.9. The summed E-state index contributed by atoms with van der Waals surface area (Å²) in [4.78, 5) is 65.0. The van der Waals surface area contributed by atoms with E-state index >= 15 is 0 Å². The molecule has 3 rings (SSSR count). The van der Waals surface area contributed by atoms with E-state index in [1.54, 1.807) is 25.1 Å². The Morgan fingerprint density at radius 2 is 1.49 bits per heavy atom. The molecule has 0 N–H and O–H groups in total. The van der Waals surface area contributed by atoms with Crippen molar-refractivity contribution in [1.29, 1.82) is 0 Å². The SMILES string of the molecule is CC(=O)CCCCC(=O)CCCC(=O)Cc1cc2c3c(cccc3c1)C(=O)N(CCN(C)C)C2=O. The van der Waals surface area contributed by atoms with Crippen LogP contribution in [0.25, 0.3) is 10.8 Å². The first kappa shape index (κ1) is 26.4. The molecule has 0 radical (unpaired) electrons. The van der Waals surface area contributed by atoms with Gasteiger partial charge in [-0.15, -0.1) is 0 Å². The van der Waals surface area contributed by atoms with E-state index in [4.69, 9.17) is 0 Å². The Bertz CT molecular complexity index is 1150. The molecule has 1 heterocycles. The topological polar surface area (TPSA) is 91.8 Å². The molecule has 0 saturated heterocycles. The van der Waals surface area contributed by atoms with Gasteiger partial charge in [0.25, 0.3) is 11.8 Å². The zero-order chi connectivity index (χ0) is 25.5. The number of nitrogens with zero attached hydrogens (tertiary/aromatic N) is 2. The van der Waals surface area contributed by atoms with Crippen LogP contribution in [0.15, 0.2) is 30.3 Å². The molecular weight excluding hydrogens is 444 g/mol. The molecule has 0 aromatic heterocycles. The number of hydrogen-bond acceptors (Lipinski definition) is 6. The van der Waals surface area contributed by atoms with E-state index in [9.17, 15) is 24.0 Å². The zero-order valence-electron chi connectivity index (χ0n) is 20.9. The smallest absolute Gasteiger partial charge is 0.261 e. The van der Waals surface area contributed by atoms with E-state index in [-0.39, 0.29) is 35.6 Å². The molecular formula is C28H34N2O5. The third kappa shape index (κ3) is 6.92. The van der Waals surface area contributed by atoms with Crippen LogP contribution < -0.4 is 0 Å². The van der Waals surface area contributed by atoms with Gasteiger partial charge in [-0.25, -0.2) is 0 Å². The number of hydrogen-bond donors (Lipinski definition) is 0. The van der Waals surface area contributed by atoms with E-state index < -0.39 is 0 Å². The average Bonchev–Trinajstić information content (AvgIpc) is 2.79. The van der Waals surface area contributed by atoms with Gasteiger partial charge in [-0.2, -0.15) is 0 Å². The van der Waals surface area contributed by atoms with Gasteiger partial charge in [0.15, 0.2) is 0 Å². The number of benzene rings is 2. The lowest BCUT2D eigenvalue weighted by molar-refractivity contribution is -0.121. The molecule has 7 nitrogen and oxygen atoms in total. The first-order chi connectivity index (χ1) is 16.7. The third-order valence-electron chi connectivity index (χ3n) is 6.31. The van der Waals surface area contributed by atoms with Crippen molar-refractivity contribution in [2.75, 3.05) is 27.2 Å². The van der Waals surface area contributed by atoms with Crippen molar-refractivity contribution < 1.29 is 24.0 Å². The summed E-state index contributed by atoms with van der Waals surface area (Å²) in [5.74, 6) is -0.343. The van der Waals surface area contributed by atoms with Crippen molar-refractivity contribution in [1.82, 2.24) is 9.80 Å². The molecule has 0 saturated carbocycles. The molecule has 0 atom stereocenters. The minimum atomic E-state index is -0.329. The summed E-state index contributed by atoms with van der Waals surface area (Å²) in [7, 11) is 3.78. The number of Topliss-reactive ketones (excluding diaryl/α,β-unsaturated/α-hetero) is 3. The van der Waals surface area contributed by atoms with Crippen molar-refractivity contribution >= 4 is 39.9 Å². The van der Waals surface area contributed by atoms with Crippen LogP contribution in [0.3, 0.4) is 0 Å². The third-order valence-corrected chi connectivity index (χ3v) is 6.31. The highest BCUT2D eigenvalue weighted by atomic mass is 16.2. The maximum Gasteiger partial charge on any atom is 0.261 e. The Hall–Kier alpha value is -3.19. The van der Waals surface area contributed by atoms with E-state index in [1.807, 2.05) is 31.1 Å². The largest absolute Gasteiger partial charge is 0.308 e. The van der Waals surface area contributed by atoms with Crippen LogP contribution in [0.2, 0.25) is 0 Å². The van der Waals surface area contributed by atoms with Crippen LogP contribution in [0, 0.1) is 0 Å². The van der Waals surface area contributed by atoms with Gasteiger partial charge in [-0.1, -0.05) is 18.2 Å². The molecule has 1 aliphatic rings. The van der Waals surface area contributed by atoms with Crippen LogP contribution in [0.1, 0.15) is 78.1 Å².